The number of fused-ring (bicyclic) bond motifs is 18. The summed E-state index contributed by atoms with van der Waals surface area (Å²) < 4.78 is 0. The molecule has 0 saturated carbocycles. The van der Waals surface area contributed by atoms with E-state index in [1.54, 1.807) is 48.5 Å². The van der Waals surface area contributed by atoms with Gasteiger partial charge in [0.2, 0.25) is 29.5 Å². The Morgan fingerprint density at radius 2 is 1.11 bits per heavy atom. The average Bonchev–Trinajstić information content (AvgIpc) is 3.73. The lowest BCUT2D eigenvalue weighted by atomic mass is 9.99. The molecule has 3 heterocycles. The number of benzene rings is 4. The molecule has 5 amide bonds. The van der Waals surface area contributed by atoms with Gasteiger partial charge in [-0.15, -0.1) is 11.3 Å². The summed E-state index contributed by atoms with van der Waals surface area (Å²) in [5.74, 6) is -4.28. The van der Waals surface area contributed by atoms with E-state index in [1.165, 1.54) is 11.3 Å². The van der Waals surface area contributed by atoms with Crippen molar-refractivity contribution in [3.63, 3.8) is 0 Å². The topological polar surface area (TPSA) is 183 Å². The summed E-state index contributed by atoms with van der Waals surface area (Å²) in [6.07, 6.45) is -0.261. The first-order chi connectivity index (χ1) is 27.6. The van der Waals surface area contributed by atoms with Crippen molar-refractivity contribution in [2.75, 3.05) is 5.32 Å². The highest BCUT2D eigenvalue weighted by Gasteiger charge is 2.32. The Morgan fingerprint density at radius 3 is 1.70 bits per heavy atom. The zero-order valence-electron chi connectivity index (χ0n) is 31.0. The molecule has 0 radical (unpaired) electrons. The van der Waals surface area contributed by atoms with Crippen molar-refractivity contribution in [2.24, 2.45) is 0 Å². The van der Waals surface area contributed by atoms with E-state index < -0.39 is 59.7 Å². The maximum atomic E-state index is 14.4. The number of carboxylic acid groups (broad SMARTS) is 1. The van der Waals surface area contributed by atoms with Gasteiger partial charge >= 0.3 is 5.97 Å². The van der Waals surface area contributed by atoms with Crippen LogP contribution in [0.2, 0.25) is 0 Å². The number of nitrogens with one attached hydrogen (secondary N) is 5. The zero-order chi connectivity index (χ0) is 40.1. The molecule has 12 nitrogen and oxygen atoms in total. The molecule has 2 aliphatic heterocycles. The van der Waals surface area contributed by atoms with Gasteiger partial charge in [0.1, 0.15) is 24.2 Å². The number of amides is 5. The summed E-state index contributed by atoms with van der Waals surface area (Å²) in [6.45, 7) is 0. The Hall–Kier alpha value is -6.60. The quantitative estimate of drug-likeness (QED) is 0.126. The Bertz CT molecular complexity index is 2160. The van der Waals surface area contributed by atoms with Crippen LogP contribution in [0.25, 0.3) is 11.1 Å². The normalized spacial score (nSPS) is 19.9. The highest BCUT2D eigenvalue weighted by molar-refractivity contribution is 7.09. The molecule has 1 aromatic heterocycles. The summed E-state index contributed by atoms with van der Waals surface area (Å²) in [7, 11) is 0. The summed E-state index contributed by atoms with van der Waals surface area (Å²) >= 11 is 1.41. The molecule has 0 aliphatic carbocycles. The molecule has 5 aromatic rings. The second-order valence-corrected chi connectivity index (χ2v) is 14.9. The molecule has 292 valence electrons. The minimum atomic E-state index is -1.35. The van der Waals surface area contributed by atoms with Gasteiger partial charge in [-0.3, -0.25) is 24.0 Å². The Morgan fingerprint density at radius 1 is 0.561 bits per heavy atom. The minimum Gasteiger partial charge on any atom is -0.480 e. The van der Waals surface area contributed by atoms with E-state index in [9.17, 15) is 33.9 Å². The van der Waals surface area contributed by atoms with Crippen LogP contribution in [0.3, 0.4) is 0 Å². The second kappa shape index (κ2) is 19.3. The number of aliphatic carboxylic acids is 1. The maximum Gasteiger partial charge on any atom is 0.326 e. The molecule has 0 fully saturated rings. The third kappa shape index (κ3) is 11.7. The molecule has 4 atom stereocenters. The largest absolute Gasteiger partial charge is 0.480 e. The van der Waals surface area contributed by atoms with Crippen LogP contribution in [0.4, 0.5) is 5.69 Å². The fourth-order valence-electron chi connectivity index (χ4n) is 6.50. The van der Waals surface area contributed by atoms with Crippen molar-refractivity contribution in [2.45, 2.75) is 62.7 Å². The first-order valence-electron chi connectivity index (χ1n) is 18.6. The number of hydrogen-bond donors (Lipinski definition) is 6. The molecule has 2 aliphatic rings. The van der Waals surface area contributed by atoms with Gasteiger partial charge in [0.05, 0.1) is 0 Å². The van der Waals surface area contributed by atoms with E-state index in [1.807, 2.05) is 78.2 Å². The van der Waals surface area contributed by atoms with Crippen LogP contribution in [0.1, 0.15) is 34.4 Å². The van der Waals surface area contributed by atoms with Crippen LogP contribution in [0, 0.1) is 0 Å². The van der Waals surface area contributed by atoms with E-state index in [-0.39, 0.29) is 38.5 Å². The maximum absolute atomic E-state index is 14.4. The summed E-state index contributed by atoms with van der Waals surface area (Å²) in [5, 5.41) is 25.7. The number of carbonyl (C=O) groups is 6. The molecule has 7 rings (SSSR count). The molecule has 6 N–H and O–H groups in total. The number of thiophene rings is 1. The van der Waals surface area contributed by atoms with Crippen LogP contribution in [0.15, 0.2) is 127 Å². The Kier molecular flexibility index (Phi) is 13.6. The fourth-order valence-corrected chi connectivity index (χ4v) is 7.25. The minimum absolute atomic E-state index is 0.0275. The third-order valence-corrected chi connectivity index (χ3v) is 10.5. The van der Waals surface area contributed by atoms with Crippen molar-refractivity contribution < 1.29 is 33.9 Å². The molecular formula is C44H43N5O7S. The van der Waals surface area contributed by atoms with Gasteiger partial charge in [0, 0.05) is 49.1 Å². The molecular weight excluding hydrogens is 743 g/mol. The van der Waals surface area contributed by atoms with E-state index in [2.05, 4.69) is 26.6 Å². The van der Waals surface area contributed by atoms with E-state index in [4.69, 9.17) is 0 Å². The van der Waals surface area contributed by atoms with Crippen LogP contribution >= 0.6 is 11.3 Å². The molecule has 2 bridgehead atoms. The highest BCUT2D eigenvalue weighted by Crippen LogP contribution is 2.21. The number of rotatable bonds is 8. The predicted octanol–water partition coefficient (Wildman–Crippen LogP) is 4.44. The van der Waals surface area contributed by atoms with Crippen molar-refractivity contribution in [3.8, 4) is 11.1 Å². The summed E-state index contributed by atoms with van der Waals surface area (Å²) in [6, 6.07) is 31.5. The Labute approximate surface area is 334 Å². The lowest BCUT2D eigenvalue weighted by Gasteiger charge is -2.26. The van der Waals surface area contributed by atoms with Crippen molar-refractivity contribution in [1.82, 2.24) is 21.3 Å². The van der Waals surface area contributed by atoms with Gasteiger partial charge in [-0.05, 0) is 51.4 Å². The molecule has 57 heavy (non-hydrogen) atoms. The van der Waals surface area contributed by atoms with E-state index >= 15 is 0 Å². The summed E-state index contributed by atoms with van der Waals surface area (Å²) in [4.78, 5) is 81.8. The number of carbonyl (C=O) groups excluding carboxylic acids is 5. The number of carboxylic acids is 1. The average molecular weight is 786 g/mol. The van der Waals surface area contributed by atoms with Crippen molar-refractivity contribution >= 4 is 52.5 Å². The molecule has 0 unspecified atom stereocenters. The lowest BCUT2D eigenvalue weighted by Crippen LogP contribution is -2.59. The Balaban J connectivity index is 1.34. The second-order valence-electron chi connectivity index (χ2n) is 13.8. The van der Waals surface area contributed by atoms with Crippen molar-refractivity contribution in [3.05, 3.63) is 148 Å². The van der Waals surface area contributed by atoms with Crippen LogP contribution in [0.5, 0.6) is 0 Å². The van der Waals surface area contributed by atoms with Gasteiger partial charge in [-0.25, -0.2) is 4.79 Å². The molecule has 0 spiro atoms. The summed E-state index contributed by atoms with van der Waals surface area (Å²) in [5.41, 5.74) is 4.40. The van der Waals surface area contributed by atoms with Crippen LogP contribution in [-0.2, 0) is 54.5 Å². The van der Waals surface area contributed by atoms with E-state index in [0.717, 1.165) is 16.0 Å². The highest BCUT2D eigenvalue weighted by atomic mass is 32.1. The van der Waals surface area contributed by atoms with Crippen LogP contribution < -0.4 is 26.6 Å². The van der Waals surface area contributed by atoms with E-state index in [0.29, 0.717) is 22.4 Å². The number of anilines is 1. The fraction of sp³-hybridized carbons (Fsp3) is 0.227. The van der Waals surface area contributed by atoms with Crippen molar-refractivity contribution in [1.29, 1.82) is 0 Å². The smallest absolute Gasteiger partial charge is 0.326 e. The predicted molar refractivity (Wildman–Crippen MR) is 217 cm³/mol. The zero-order valence-corrected chi connectivity index (χ0v) is 31.8. The van der Waals surface area contributed by atoms with Gasteiger partial charge in [-0.2, -0.15) is 0 Å². The third-order valence-electron chi connectivity index (χ3n) is 9.56. The van der Waals surface area contributed by atoms with Gasteiger partial charge in [0.25, 0.3) is 0 Å². The first kappa shape index (κ1) is 40.1. The first-order valence-corrected chi connectivity index (χ1v) is 19.5. The lowest BCUT2D eigenvalue weighted by molar-refractivity contribution is -0.142. The standard InChI is InChI=1S/C44H43N5O7S/c50-39-21-22-40(51)46-37(27-34-12-7-23-57-34)43(54)48-36(25-29-13-17-32(18-14-29)31-10-5-2-6-11-31)41(52)47-35(24-28-8-3-1-4-9-28)42(53)49-38(44(55)56)26-30-15-19-33(45-39)20-16-30/h1-20,23,35-38H,21-22,24-27H2,(H,45,50)(H,46,51)(H,47,52)(H,48,54)(H,49,53)(H,55,56)/t35-,36-,37-,38-/m1/s1. The van der Waals surface area contributed by atoms with Crippen LogP contribution in [-0.4, -0.2) is 64.8 Å². The molecule has 0 saturated heterocycles. The van der Waals surface area contributed by atoms with Gasteiger partial charge < -0.3 is 31.7 Å². The monoisotopic (exact) mass is 785 g/mol. The van der Waals surface area contributed by atoms with Gasteiger partial charge in [-0.1, -0.05) is 103 Å². The molecule has 13 heteroatoms. The SMILES string of the molecule is O=C1CCC(=O)N[C@H](Cc2cccs2)C(=O)N[C@H](Cc2ccc(-c3ccccc3)cc2)C(=O)N[C@H](Cc2ccccc2)C(=O)N[C@@H](C(=O)O)Cc2ccc(cc2)N1. The molecule has 4 aromatic carbocycles. The number of hydrogen-bond acceptors (Lipinski definition) is 7. The van der Waals surface area contributed by atoms with Gasteiger partial charge in [0.15, 0.2) is 0 Å².